The minimum absolute atomic E-state index is 0.180. The zero-order valence-corrected chi connectivity index (χ0v) is 18.8. The number of piperidine rings is 1. The fourth-order valence-electron chi connectivity index (χ4n) is 4.97. The summed E-state index contributed by atoms with van der Waals surface area (Å²) in [6, 6.07) is 21.4. The minimum Gasteiger partial charge on any atom is -0.347 e. The van der Waals surface area contributed by atoms with E-state index in [0.717, 1.165) is 38.0 Å². The van der Waals surface area contributed by atoms with Crippen LogP contribution >= 0.6 is 0 Å². The Morgan fingerprint density at radius 3 is 2.62 bits per heavy atom. The average molecular weight is 424 g/mol. The van der Waals surface area contributed by atoms with Crippen LogP contribution in [0, 0.1) is 40.9 Å². The van der Waals surface area contributed by atoms with E-state index in [2.05, 4.69) is 65.1 Å². The molecule has 4 rings (SSSR count). The predicted molar refractivity (Wildman–Crippen MR) is 124 cm³/mol. The lowest BCUT2D eigenvalue weighted by Crippen LogP contribution is -2.49. The largest absolute Gasteiger partial charge is 0.347 e. The van der Waals surface area contributed by atoms with E-state index in [1.807, 2.05) is 30.5 Å². The first-order chi connectivity index (χ1) is 15.5. The molecule has 1 N–H and O–H groups in total. The maximum Gasteiger partial charge on any atom is 0.0991 e. The normalized spacial score (nSPS) is 22.1. The molecule has 5 nitrogen and oxygen atoms in total. The van der Waals surface area contributed by atoms with Crippen LogP contribution in [0.4, 0.5) is 0 Å². The highest BCUT2D eigenvalue weighted by Crippen LogP contribution is 2.43. The summed E-state index contributed by atoms with van der Waals surface area (Å²) in [7, 11) is 0. The van der Waals surface area contributed by atoms with E-state index < -0.39 is 5.41 Å². The van der Waals surface area contributed by atoms with E-state index in [9.17, 15) is 5.26 Å². The van der Waals surface area contributed by atoms with Gasteiger partial charge in [0.1, 0.15) is 0 Å². The molecular formula is C27H29N5. The van der Waals surface area contributed by atoms with E-state index in [4.69, 9.17) is 5.26 Å². The lowest BCUT2D eigenvalue weighted by molar-refractivity contribution is 0.0479. The van der Waals surface area contributed by atoms with Crippen LogP contribution in [0.2, 0.25) is 0 Å². The molecule has 1 aliphatic rings. The molecule has 3 atom stereocenters. The van der Waals surface area contributed by atoms with Gasteiger partial charge in [-0.2, -0.15) is 10.5 Å². The number of likely N-dealkylation sites (tertiary alicyclic amines) is 1. The molecule has 1 aromatic heterocycles. The number of imidazole rings is 1. The molecule has 1 saturated heterocycles. The molecule has 0 bridgehead atoms. The Morgan fingerprint density at radius 2 is 1.97 bits per heavy atom. The fourth-order valence-corrected chi connectivity index (χ4v) is 4.97. The summed E-state index contributed by atoms with van der Waals surface area (Å²) in [4.78, 5) is 9.90. The van der Waals surface area contributed by atoms with Crippen molar-refractivity contribution in [3.05, 3.63) is 89.0 Å². The van der Waals surface area contributed by atoms with Crippen molar-refractivity contribution < 1.29 is 0 Å². The van der Waals surface area contributed by atoms with E-state index >= 15 is 0 Å². The Balaban J connectivity index is 1.64. The highest BCUT2D eigenvalue weighted by molar-refractivity contribution is 5.33. The number of nitriles is 2. The summed E-state index contributed by atoms with van der Waals surface area (Å²) in [5.74, 6) is 0.180. The number of benzene rings is 2. The number of rotatable bonds is 6. The Kier molecular flexibility index (Phi) is 6.40. The lowest BCUT2D eigenvalue weighted by atomic mass is 9.65. The molecule has 2 aromatic carbocycles. The predicted octanol–water partition coefficient (Wildman–Crippen LogP) is 4.97. The van der Waals surface area contributed by atoms with Gasteiger partial charge in [0, 0.05) is 25.3 Å². The smallest absolute Gasteiger partial charge is 0.0991 e. The first-order valence-corrected chi connectivity index (χ1v) is 11.2. The molecule has 0 amide bonds. The van der Waals surface area contributed by atoms with Gasteiger partial charge in [-0.25, -0.2) is 4.98 Å². The van der Waals surface area contributed by atoms with Crippen LogP contribution in [0.25, 0.3) is 0 Å². The zero-order valence-electron chi connectivity index (χ0n) is 18.8. The van der Waals surface area contributed by atoms with Gasteiger partial charge in [-0.1, -0.05) is 36.4 Å². The number of hydrogen-bond acceptors (Lipinski definition) is 4. The van der Waals surface area contributed by atoms with Gasteiger partial charge in [-0.15, -0.1) is 0 Å². The monoisotopic (exact) mass is 423 g/mol. The molecule has 162 valence electrons. The van der Waals surface area contributed by atoms with E-state index in [1.165, 1.54) is 16.7 Å². The third-order valence-electron chi connectivity index (χ3n) is 7.15. The fraction of sp³-hybridized carbons (Fsp3) is 0.370. The lowest BCUT2D eigenvalue weighted by Gasteiger charge is -2.46. The van der Waals surface area contributed by atoms with Gasteiger partial charge in [-0.3, -0.25) is 4.90 Å². The number of aromatic amines is 1. The third-order valence-corrected chi connectivity index (χ3v) is 7.15. The molecule has 3 aromatic rings. The van der Waals surface area contributed by atoms with Crippen molar-refractivity contribution in [3.8, 4) is 12.1 Å². The van der Waals surface area contributed by atoms with Crippen molar-refractivity contribution in [2.75, 3.05) is 13.1 Å². The summed E-state index contributed by atoms with van der Waals surface area (Å²) >= 11 is 0. The van der Waals surface area contributed by atoms with Gasteiger partial charge in [-0.05, 0) is 67.9 Å². The van der Waals surface area contributed by atoms with Crippen molar-refractivity contribution in [1.82, 2.24) is 14.9 Å². The van der Waals surface area contributed by atoms with E-state index in [1.54, 1.807) is 6.33 Å². The van der Waals surface area contributed by atoms with Crippen LogP contribution in [0.3, 0.4) is 0 Å². The number of aromatic nitrogens is 2. The second-order valence-corrected chi connectivity index (χ2v) is 9.01. The molecule has 0 aliphatic carbocycles. The highest BCUT2D eigenvalue weighted by Gasteiger charge is 2.44. The molecule has 3 unspecified atom stereocenters. The summed E-state index contributed by atoms with van der Waals surface area (Å²) in [5.41, 5.74) is 5.02. The van der Waals surface area contributed by atoms with Crippen LogP contribution in [-0.4, -0.2) is 28.0 Å². The zero-order chi connectivity index (χ0) is 22.6. The average Bonchev–Trinajstić information content (AvgIpc) is 3.37. The summed E-state index contributed by atoms with van der Waals surface area (Å²) in [6.45, 7) is 6.06. The summed E-state index contributed by atoms with van der Waals surface area (Å²) in [6.07, 6.45) is 6.03. The SMILES string of the molecule is Cc1ccccc1CC1(C#N)CCN(C(C)c2cnc[nH]2)CC1Cc1ccc(C#N)cc1. The van der Waals surface area contributed by atoms with Gasteiger partial charge < -0.3 is 4.98 Å². The standard InChI is InChI=1S/C27H29N5/c1-20-5-3-4-6-24(20)14-27(18-29)11-12-32(21(2)26-16-30-19-31-26)17-25(27)13-22-7-9-23(15-28)10-8-22/h3-10,16,19,21,25H,11-14,17H2,1-2H3,(H,30,31). The highest BCUT2D eigenvalue weighted by atomic mass is 15.2. The molecule has 5 heteroatoms. The number of aryl methyl sites for hydroxylation is 1. The van der Waals surface area contributed by atoms with Crippen LogP contribution in [0.5, 0.6) is 0 Å². The molecule has 32 heavy (non-hydrogen) atoms. The molecule has 1 aliphatic heterocycles. The second kappa shape index (κ2) is 9.39. The molecule has 0 radical (unpaired) electrons. The van der Waals surface area contributed by atoms with Gasteiger partial charge in [0.15, 0.2) is 0 Å². The Labute approximate surface area is 190 Å². The van der Waals surface area contributed by atoms with Crippen LogP contribution in [0.1, 0.15) is 47.3 Å². The van der Waals surface area contributed by atoms with Gasteiger partial charge in [0.05, 0.1) is 35.1 Å². The number of nitrogens with zero attached hydrogens (tertiary/aromatic N) is 4. The Bertz CT molecular complexity index is 1120. The summed E-state index contributed by atoms with van der Waals surface area (Å²) in [5, 5.41) is 19.6. The quantitative estimate of drug-likeness (QED) is 0.607. The minimum atomic E-state index is -0.426. The molecule has 0 saturated carbocycles. The number of hydrogen-bond donors (Lipinski definition) is 1. The van der Waals surface area contributed by atoms with Crippen molar-refractivity contribution in [2.45, 2.75) is 39.2 Å². The Morgan fingerprint density at radius 1 is 1.19 bits per heavy atom. The molecule has 1 fully saturated rings. The van der Waals surface area contributed by atoms with Crippen LogP contribution < -0.4 is 0 Å². The van der Waals surface area contributed by atoms with Crippen molar-refractivity contribution in [2.24, 2.45) is 11.3 Å². The van der Waals surface area contributed by atoms with Crippen molar-refractivity contribution >= 4 is 0 Å². The van der Waals surface area contributed by atoms with Gasteiger partial charge in [0.2, 0.25) is 0 Å². The molecule has 0 spiro atoms. The number of H-pyrrole nitrogens is 1. The number of nitrogens with one attached hydrogen (secondary N) is 1. The van der Waals surface area contributed by atoms with E-state index in [0.29, 0.717) is 5.56 Å². The molecular weight excluding hydrogens is 394 g/mol. The first kappa shape index (κ1) is 21.8. The maximum atomic E-state index is 10.5. The summed E-state index contributed by atoms with van der Waals surface area (Å²) < 4.78 is 0. The Hall–Kier alpha value is -3.41. The first-order valence-electron chi connectivity index (χ1n) is 11.2. The third kappa shape index (κ3) is 4.44. The van der Waals surface area contributed by atoms with Crippen LogP contribution in [0.15, 0.2) is 61.1 Å². The van der Waals surface area contributed by atoms with Gasteiger partial charge in [0.25, 0.3) is 0 Å². The van der Waals surface area contributed by atoms with Gasteiger partial charge >= 0.3 is 0 Å². The molecule has 2 heterocycles. The second-order valence-electron chi connectivity index (χ2n) is 9.01. The topological polar surface area (TPSA) is 79.5 Å². The maximum absolute atomic E-state index is 10.5. The van der Waals surface area contributed by atoms with E-state index in [-0.39, 0.29) is 12.0 Å². The van der Waals surface area contributed by atoms with Crippen molar-refractivity contribution in [3.63, 3.8) is 0 Å². The van der Waals surface area contributed by atoms with Crippen LogP contribution in [-0.2, 0) is 12.8 Å². The van der Waals surface area contributed by atoms with Crippen molar-refractivity contribution in [1.29, 1.82) is 10.5 Å².